The first-order chi connectivity index (χ1) is 12.5. The number of thiophene rings is 1. The molecule has 1 aromatic carbocycles. The Morgan fingerprint density at radius 2 is 1.33 bits per heavy atom. The summed E-state index contributed by atoms with van der Waals surface area (Å²) in [5.74, 6) is 0. The lowest BCUT2D eigenvalue weighted by atomic mass is 9.87. The third kappa shape index (κ3) is 4.12. The first-order valence-electron chi connectivity index (χ1n) is 8.67. The molecule has 0 saturated carbocycles. The lowest BCUT2D eigenvalue weighted by Gasteiger charge is -2.33. The number of piperazine rings is 1. The van der Waals surface area contributed by atoms with Gasteiger partial charge in [0.05, 0.1) is 4.90 Å². The van der Waals surface area contributed by atoms with Crippen molar-refractivity contribution in [2.45, 2.75) is 35.3 Å². The van der Waals surface area contributed by atoms with E-state index in [9.17, 15) is 16.8 Å². The maximum Gasteiger partial charge on any atom is 0.252 e. The van der Waals surface area contributed by atoms with Crippen LogP contribution < -0.4 is 0 Å². The Labute approximate surface area is 165 Å². The predicted molar refractivity (Wildman–Crippen MR) is 107 cm³/mol. The van der Waals surface area contributed by atoms with E-state index < -0.39 is 20.0 Å². The van der Waals surface area contributed by atoms with Gasteiger partial charge in [-0.25, -0.2) is 16.8 Å². The van der Waals surface area contributed by atoms with Crippen LogP contribution in [0.1, 0.15) is 26.3 Å². The van der Waals surface area contributed by atoms with Gasteiger partial charge in [0.25, 0.3) is 10.0 Å². The quantitative estimate of drug-likeness (QED) is 0.750. The number of hydrogen-bond acceptors (Lipinski definition) is 5. The molecule has 1 aliphatic heterocycles. The lowest BCUT2D eigenvalue weighted by Crippen LogP contribution is -2.50. The van der Waals surface area contributed by atoms with Crippen LogP contribution in [0.3, 0.4) is 0 Å². The van der Waals surface area contributed by atoms with Gasteiger partial charge >= 0.3 is 0 Å². The van der Waals surface area contributed by atoms with Gasteiger partial charge in [-0.3, -0.25) is 0 Å². The van der Waals surface area contributed by atoms with Crippen LogP contribution in [0.5, 0.6) is 0 Å². The molecular weight excluding hydrogens is 404 g/mol. The van der Waals surface area contributed by atoms with Crippen molar-refractivity contribution in [1.29, 1.82) is 0 Å². The van der Waals surface area contributed by atoms with Gasteiger partial charge in [-0.1, -0.05) is 39.0 Å². The molecule has 1 aliphatic rings. The second kappa shape index (κ2) is 7.29. The van der Waals surface area contributed by atoms with E-state index >= 15 is 0 Å². The third-order valence-corrected chi connectivity index (χ3v) is 9.83. The molecule has 0 bridgehead atoms. The molecule has 0 radical (unpaired) electrons. The highest BCUT2D eigenvalue weighted by molar-refractivity contribution is 7.91. The number of nitrogens with zero attached hydrogens (tertiary/aromatic N) is 2. The number of benzene rings is 1. The van der Waals surface area contributed by atoms with Crippen LogP contribution in [-0.4, -0.2) is 51.6 Å². The van der Waals surface area contributed by atoms with Gasteiger partial charge in [-0.15, -0.1) is 11.3 Å². The Morgan fingerprint density at radius 3 is 1.78 bits per heavy atom. The summed E-state index contributed by atoms with van der Waals surface area (Å²) in [6.07, 6.45) is 0. The van der Waals surface area contributed by atoms with Gasteiger partial charge in [0.2, 0.25) is 10.0 Å². The minimum atomic E-state index is -3.63. The highest BCUT2D eigenvalue weighted by Gasteiger charge is 2.34. The largest absolute Gasteiger partial charge is 0.252 e. The monoisotopic (exact) mass is 428 g/mol. The van der Waals surface area contributed by atoms with Gasteiger partial charge in [0.1, 0.15) is 4.21 Å². The minimum absolute atomic E-state index is 0.0515. The molecule has 0 spiro atoms. The molecular formula is C18H24N2O4S3. The molecule has 9 heteroatoms. The summed E-state index contributed by atoms with van der Waals surface area (Å²) in [4.78, 5) is 0.241. The Morgan fingerprint density at radius 1 is 0.815 bits per heavy atom. The first-order valence-corrected chi connectivity index (χ1v) is 12.4. The molecule has 148 valence electrons. The SMILES string of the molecule is CC(C)(C)c1ccc(S(=O)(=O)N2CCN(S(=O)(=O)c3cccs3)CC2)cc1. The molecule has 1 aromatic heterocycles. The van der Waals surface area contributed by atoms with Gasteiger partial charge < -0.3 is 0 Å². The fourth-order valence-corrected chi connectivity index (χ4v) is 6.95. The molecule has 27 heavy (non-hydrogen) atoms. The molecule has 0 unspecified atom stereocenters. The van der Waals surface area contributed by atoms with E-state index in [0.717, 1.165) is 5.56 Å². The summed E-state index contributed by atoms with van der Waals surface area (Å²) in [6, 6.07) is 10.2. The van der Waals surface area contributed by atoms with E-state index in [-0.39, 0.29) is 40.7 Å². The van der Waals surface area contributed by atoms with Crippen LogP contribution >= 0.6 is 11.3 Å². The van der Waals surface area contributed by atoms with Crippen LogP contribution in [-0.2, 0) is 25.5 Å². The average molecular weight is 429 g/mol. The summed E-state index contributed by atoms with van der Waals surface area (Å²) in [5, 5.41) is 1.72. The summed E-state index contributed by atoms with van der Waals surface area (Å²) in [6.45, 7) is 6.82. The Kier molecular flexibility index (Phi) is 5.53. The van der Waals surface area contributed by atoms with Crippen molar-refractivity contribution in [1.82, 2.24) is 8.61 Å². The smallest absolute Gasteiger partial charge is 0.207 e. The zero-order chi connectivity index (χ0) is 19.9. The van der Waals surface area contributed by atoms with Crippen LogP contribution in [0.2, 0.25) is 0 Å². The van der Waals surface area contributed by atoms with Crippen molar-refractivity contribution in [3.05, 3.63) is 47.3 Å². The van der Waals surface area contributed by atoms with Gasteiger partial charge in [0, 0.05) is 26.2 Å². The maximum atomic E-state index is 12.9. The van der Waals surface area contributed by atoms with Gasteiger partial charge in [0.15, 0.2) is 0 Å². The summed E-state index contributed by atoms with van der Waals surface area (Å²) < 4.78 is 53.9. The summed E-state index contributed by atoms with van der Waals surface area (Å²) in [7, 11) is -7.18. The Bertz CT molecular complexity index is 982. The van der Waals surface area contributed by atoms with Gasteiger partial charge in [-0.2, -0.15) is 8.61 Å². The predicted octanol–water partition coefficient (Wildman–Crippen LogP) is 2.74. The third-order valence-electron chi connectivity index (χ3n) is 4.64. The lowest BCUT2D eigenvalue weighted by molar-refractivity contribution is 0.273. The number of sulfonamides is 2. The zero-order valence-electron chi connectivity index (χ0n) is 15.6. The second-order valence-corrected chi connectivity index (χ2v) is 12.6. The summed E-state index contributed by atoms with van der Waals surface area (Å²) >= 11 is 1.17. The van der Waals surface area contributed by atoms with Crippen molar-refractivity contribution in [3.8, 4) is 0 Å². The topological polar surface area (TPSA) is 74.8 Å². The van der Waals surface area contributed by atoms with Crippen molar-refractivity contribution in [2.75, 3.05) is 26.2 Å². The molecule has 0 N–H and O–H groups in total. The molecule has 6 nitrogen and oxygen atoms in total. The second-order valence-electron chi connectivity index (χ2n) is 7.51. The molecule has 1 fully saturated rings. The Balaban J connectivity index is 1.73. The van der Waals surface area contributed by atoms with E-state index in [1.807, 2.05) is 12.1 Å². The molecule has 0 aliphatic carbocycles. The highest BCUT2D eigenvalue weighted by atomic mass is 32.2. The molecule has 2 heterocycles. The van der Waals surface area contributed by atoms with Crippen molar-refractivity contribution in [3.63, 3.8) is 0 Å². The fraction of sp³-hybridized carbons (Fsp3) is 0.444. The van der Waals surface area contributed by atoms with Gasteiger partial charge in [-0.05, 0) is 34.6 Å². The fourth-order valence-electron chi connectivity index (χ4n) is 2.96. The first kappa shape index (κ1) is 20.5. The van der Waals surface area contributed by atoms with Crippen molar-refractivity contribution in [2.24, 2.45) is 0 Å². The highest BCUT2D eigenvalue weighted by Crippen LogP contribution is 2.26. The molecule has 1 saturated heterocycles. The molecule has 2 aromatic rings. The van der Waals surface area contributed by atoms with E-state index in [0.29, 0.717) is 0 Å². The molecule has 3 rings (SSSR count). The Hall–Kier alpha value is -1.26. The maximum absolute atomic E-state index is 12.9. The van der Waals surface area contributed by atoms with E-state index in [2.05, 4.69) is 20.8 Å². The van der Waals surface area contributed by atoms with Crippen molar-refractivity contribution >= 4 is 31.4 Å². The van der Waals surface area contributed by atoms with E-state index in [4.69, 9.17) is 0 Å². The van der Waals surface area contributed by atoms with E-state index in [1.54, 1.807) is 29.6 Å². The molecule has 0 atom stereocenters. The van der Waals surface area contributed by atoms with E-state index in [1.165, 1.54) is 19.9 Å². The van der Waals surface area contributed by atoms with Crippen LogP contribution in [0.25, 0.3) is 0 Å². The normalized spacial score (nSPS) is 17.9. The zero-order valence-corrected chi connectivity index (χ0v) is 18.1. The number of hydrogen-bond donors (Lipinski definition) is 0. The average Bonchev–Trinajstić information content (AvgIpc) is 3.17. The van der Waals surface area contributed by atoms with Crippen LogP contribution in [0.4, 0.5) is 0 Å². The minimum Gasteiger partial charge on any atom is -0.207 e. The van der Waals surface area contributed by atoms with Crippen molar-refractivity contribution < 1.29 is 16.8 Å². The standard InChI is InChI=1S/C18H24N2O4S3/c1-18(2,3)15-6-8-16(9-7-15)26(21,22)19-10-12-20(13-11-19)27(23,24)17-5-4-14-25-17/h4-9,14H,10-13H2,1-3H3. The van der Waals surface area contributed by atoms with Crippen LogP contribution in [0.15, 0.2) is 50.9 Å². The number of rotatable bonds is 4. The summed E-state index contributed by atoms with van der Waals surface area (Å²) in [5.41, 5.74) is 1.01. The molecule has 0 amide bonds. The van der Waals surface area contributed by atoms with Crippen LogP contribution in [0, 0.1) is 0 Å².